The van der Waals surface area contributed by atoms with Gasteiger partial charge in [0.2, 0.25) is 0 Å². The molecule has 0 amide bonds. The van der Waals surface area contributed by atoms with E-state index in [9.17, 15) is 4.79 Å². The van der Waals surface area contributed by atoms with Crippen LogP contribution in [0.5, 0.6) is 0 Å². The Kier molecular flexibility index (Phi) is 14.7. The molecule has 0 fully saturated rings. The Hall–Kier alpha value is -0.400. The van der Waals surface area contributed by atoms with Crippen molar-refractivity contribution < 1.29 is 9.53 Å². The number of hydrogen-bond acceptors (Lipinski definition) is 6. The Labute approximate surface area is 129 Å². The quantitative estimate of drug-likeness (QED) is 0.170. The van der Waals surface area contributed by atoms with E-state index in [4.69, 9.17) is 10.3 Å². The highest BCUT2D eigenvalue weighted by Gasteiger charge is 1.99. The van der Waals surface area contributed by atoms with Crippen LogP contribution in [0.3, 0.4) is 0 Å². The highest BCUT2D eigenvalue weighted by molar-refractivity contribution is 8.76. The Morgan fingerprint density at radius 2 is 1.85 bits per heavy atom. The van der Waals surface area contributed by atoms with Gasteiger partial charge in [-0.15, -0.1) is 5.10 Å². The van der Waals surface area contributed by atoms with E-state index in [1.807, 2.05) is 24.6 Å². The predicted octanol–water partition coefficient (Wildman–Crippen LogP) is 4.33. The average Bonchev–Trinajstić information content (AvgIpc) is 2.47. The first-order valence-corrected chi connectivity index (χ1v) is 9.49. The molecular weight excluding hydrogens is 294 g/mol. The largest absolute Gasteiger partial charge is 0.380 e. The Morgan fingerprint density at radius 3 is 2.50 bits per heavy atom. The lowest BCUT2D eigenvalue weighted by molar-refractivity contribution is -0.119. The SMILES string of the molecule is CCC(=O)CCOCCSSCCC/C(CC)=N\N=N. The van der Waals surface area contributed by atoms with E-state index in [-0.39, 0.29) is 5.78 Å². The smallest absolute Gasteiger partial charge is 0.134 e. The lowest BCUT2D eigenvalue weighted by Gasteiger charge is -2.04. The third-order valence-corrected chi connectivity index (χ3v) is 5.06. The number of ketones is 1. The number of nitrogens with zero attached hydrogens (tertiary/aromatic N) is 2. The van der Waals surface area contributed by atoms with Crippen molar-refractivity contribution in [1.29, 1.82) is 5.53 Å². The Morgan fingerprint density at radius 1 is 1.10 bits per heavy atom. The van der Waals surface area contributed by atoms with Gasteiger partial charge < -0.3 is 4.74 Å². The van der Waals surface area contributed by atoms with E-state index in [0.717, 1.165) is 36.5 Å². The summed E-state index contributed by atoms with van der Waals surface area (Å²) in [7, 11) is 3.63. The standard InChI is InChI=1S/C13H25N3O2S2/c1-3-12(15-16-14)6-5-10-19-20-11-9-18-8-7-13(17)4-2/h14H,3-11H2,1-2H3/b15-12-,16-14?. The molecule has 0 radical (unpaired) electrons. The third kappa shape index (κ3) is 12.6. The van der Waals surface area contributed by atoms with Crippen molar-refractivity contribution in [3.8, 4) is 0 Å². The summed E-state index contributed by atoms with van der Waals surface area (Å²) in [5.41, 5.74) is 7.69. The molecule has 0 saturated heterocycles. The van der Waals surface area contributed by atoms with E-state index < -0.39 is 0 Å². The second-order valence-corrected chi connectivity index (χ2v) is 6.82. The van der Waals surface area contributed by atoms with Gasteiger partial charge in [0.1, 0.15) is 5.78 Å². The van der Waals surface area contributed by atoms with Crippen molar-refractivity contribution >= 4 is 33.1 Å². The fraction of sp³-hybridized carbons (Fsp3) is 0.846. The fourth-order valence-electron chi connectivity index (χ4n) is 1.38. The maximum Gasteiger partial charge on any atom is 0.134 e. The Bertz CT molecular complexity index is 299. The van der Waals surface area contributed by atoms with Crippen LogP contribution in [0.4, 0.5) is 0 Å². The molecule has 7 heteroatoms. The summed E-state index contributed by atoms with van der Waals surface area (Å²) in [4.78, 5) is 11.0. The average molecular weight is 319 g/mol. The van der Waals surface area contributed by atoms with Gasteiger partial charge in [-0.2, -0.15) is 5.53 Å². The second-order valence-electron chi connectivity index (χ2n) is 4.12. The van der Waals surface area contributed by atoms with Crippen LogP contribution in [0.1, 0.15) is 46.0 Å². The van der Waals surface area contributed by atoms with Crippen LogP contribution in [0.15, 0.2) is 10.3 Å². The Balaban J connectivity index is 3.26. The lowest BCUT2D eigenvalue weighted by atomic mass is 10.2. The van der Waals surface area contributed by atoms with Gasteiger partial charge in [0.15, 0.2) is 0 Å². The first-order valence-electron chi connectivity index (χ1n) is 7.00. The minimum absolute atomic E-state index is 0.264. The minimum atomic E-state index is 0.264. The van der Waals surface area contributed by atoms with Gasteiger partial charge in [-0.1, -0.05) is 40.7 Å². The van der Waals surface area contributed by atoms with Crippen LogP contribution in [-0.2, 0) is 9.53 Å². The van der Waals surface area contributed by atoms with Gasteiger partial charge >= 0.3 is 0 Å². The molecule has 0 atom stereocenters. The van der Waals surface area contributed by atoms with E-state index >= 15 is 0 Å². The molecule has 0 aliphatic heterocycles. The molecule has 0 unspecified atom stereocenters. The van der Waals surface area contributed by atoms with Crippen LogP contribution in [0.25, 0.3) is 0 Å². The van der Waals surface area contributed by atoms with Crippen LogP contribution in [0.2, 0.25) is 0 Å². The first-order chi connectivity index (χ1) is 9.74. The van der Waals surface area contributed by atoms with Crippen LogP contribution < -0.4 is 0 Å². The van der Waals surface area contributed by atoms with Gasteiger partial charge in [-0.25, -0.2) is 0 Å². The summed E-state index contributed by atoms with van der Waals surface area (Å²) in [6, 6.07) is 0. The predicted molar refractivity (Wildman–Crippen MR) is 87.8 cm³/mol. The zero-order valence-corrected chi connectivity index (χ0v) is 14.0. The van der Waals surface area contributed by atoms with Crippen molar-refractivity contribution in [3.63, 3.8) is 0 Å². The second kappa shape index (κ2) is 15.0. The zero-order chi connectivity index (χ0) is 15.1. The summed E-state index contributed by atoms with van der Waals surface area (Å²) in [6.45, 7) is 5.16. The molecule has 0 bridgehead atoms. The molecule has 1 N–H and O–H groups in total. The van der Waals surface area contributed by atoms with Crippen molar-refractivity contribution in [2.24, 2.45) is 10.3 Å². The summed E-state index contributed by atoms with van der Waals surface area (Å²) in [5.74, 6) is 2.28. The number of nitrogens with one attached hydrogen (secondary N) is 1. The van der Waals surface area contributed by atoms with E-state index in [2.05, 4.69) is 10.3 Å². The maximum absolute atomic E-state index is 11.0. The number of rotatable bonds is 14. The molecule has 116 valence electrons. The summed E-state index contributed by atoms with van der Waals surface area (Å²) in [5, 5.41) is 6.84. The summed E-state index contributed by atoms with van der Waals surface area (Å²) >= 11 is 0. The molecule has 5 nitrogen and oxygen atoms in total. The number of ether oxygens (including phenoxy) is 1. The third-order valence-electron chi connectivity index (χ3n) is 2.61. The van der Waals surface area contributed by atoms with Gasteiger partial charge in [0.05, 0.1) is 13.2 Å². The van der Waals surface area contributed by atoms with E-state index in [0.29, 0.717) is 26.1 Å². The molecular formula is C13H25N3O2S2. The maximum atomic E-state index is 11.0. The van der Waals surface area contributed by atoms with Crippen LogP contribution in [-0.4, -0.2) is 36.2 Å². The number of Topliss-reactive ketones (excluding diaryl/α,β-unsaturated/α-hetero) is 1. The molecule has 20 heavy (non-hydrogen) atoms. The van der Waals surface area contributed by atoms with E-state index in [1.165, 1.54) is 0 Å². The van der Waals surface area contributed by atoms with Crippen molar-refractivity contribution in [3.05, 3.63) is 0 Å². The van der Waals surface area contributed by atoms with Gasteiger partial charge in [0.25, 0.3) is 0 Å². The molecule has 0 aromatic carbocycles. The summed E-state index contributed by atoms with van der Waals surface area (Å²) < 4.78 is 5.39. The minimum Gasteiger partial charge on any atom is -0.380 e. The van der Waals surface area contributed by atoms with E-state index in [1.54, 1.807) is 10.8 Å². The number of hydrogen-bond donors (Lipinski definition) is 1. The molecule has 0 aromatic heterocycles. The normalized spacial score (nSPS) is 11.6. The molecule has 0 saturated carbocycles. The highest BCUT2D eigenvalue weighted by Crippen LogP contribution is 2.22. The number of carbonyl (C=O) groups excluding carboxylic acids is 1. The molecule has 0 rings (SSSR count). The monoisotopic (exact) mass is 319 g/mol. The topological polar surface area (TPSA) is 74.9 Å². The van der Waals surface area contributed by atoms with Crippen molar-refractivity contribution in [2.75, 3.05) is 24.7 Å². The molecule has 0 aliphatic rings. The highest BCUT2D eigenvalue weighted by atomic mass is 33.1. The molecule has 0 aromatic rings. The molecule has 0 aliphatic carbocycles. The van der Waals surface area contributed by atoms with Crippen molar-refractivity contribution in [2.45, 2.75) is 46.0 Å². The number of carbonyl (C=O) groups is 1. The zero-order valence-electron chi connectivity index (χ0n) is 12.4. The lowest BCUT2D eigenvalue weighted by Crippen LogP contribution is -2.04. The van der Waals surface area contributed by atoms with Gasteiger partial charge in [-0.3, -0.25) is 4.79 Å². The van der Waals surface area contributed by atoms with Crippen molar-refractivity contribution in [1.82, 2.24) is 0 Å². The van der Waals surface area contributed by atoms with Crippen LogP contribution in [0, 0.1) is 5.53 Å². The van der Waals surface area contributed by atoms with Crippen LogP contribution >= 0.6 is 21.6 Å². The molecule has 0 heterocycles. The summed E-state index contributed by atoms with van der Waals surface area (Å²) in [6.07, 6.45) is 3.98. The van der Waals surface area contributed by atoms with Gasteiger partial charge in [-0.05, 0) is 19.3 Å². The molecule has 0 spiro atoms. The fourth-order valence-corrected chi connectivity index (χ4v) is 3.33. The first kappa shape index (κ1) is 19.6. The van der Waals surface area contributed by atoms with Gasteiger partial charge in [0, 0.05) is 30.1 Å².